The lowest BCUT2D eigenvalue weighted by atomic mass is 10.1. The van der Waals surface area contributed by atoms with E-state index in [1.54, 1.807) is 34.5 Å². The van der Waals surface area contributed by atoms with Crippen LogP contribution < -0.4 is 0 Å². The van der Waals surface area contributed by atoms with Crippen molar-refractivity contribution in [3.05, 3.63) is 57.5 Å². The SMILES string of the molecule is CCN(Cc1ccccc1F)C(=O)c1csc(C(C)=O)c1. The van der Waals surface area contributed by atoms with Crippen LogP contribution in [0.5, 0.6) is 0 Å². The predicted molar refractivity (Wildman–Crippen MR) is 81.1 cm³/mol. The molecule has 1 aromatic heterocycles. The van der Waals surface area contributed by atoms with Gasteiger partial charge in [0.1, 0.15) is 5.82 Å². The normalized spacial score (nSPS) is 10.4. The Balaban J connectivity index is 2.18. The highest BCUT2D eigenvalue weighted by Crippen LogP contribution is 2.18. The number of ketones is 1. The fourth-order valence-electron chi connectivity index (χ4n) is 1.98. The van der Waals surface area contributed by atoms with Gasteiger partial charge in [-0.05, 0) is 26.0 Å². The average Bonchev–Trinajstić information content (AvgIpc) is 2.96. The van der Waals surface area contributed by atoms with Crippen LogP contribution >= 0.6 is 11.3 Å². The number of rotatable bonds is 5. The summed E-state index contributed by atoms with van der Waals surface area (Å²) in [5.74, 6) is -0.570. The van der Waals surface area contributed by atoms with Gasteiger partial charge in [-0.15, -0.1) is 11.3 Å². The molecule has 0 atom stereocenters. The van der Waals surface area contributed by atoms with Gasteiger partial charge in [0.2, 0.25) is 0 Å². The van der Waals surface area contributed by atoms with Crippen LogP contribution in [0.2, 0.25) is 0 Å². The molecule has 2 rings (SSSR count). The van der Waals surface area contributed by atoms with E-state index in [4.69, 9.17) is 0 Å². The van der Waals surface area contributed by atoms with E-state index in [0.717, 1.165) is 0 Å². The van der Waals surface area contributed by atoms with Gasteiger partial charge in [0.15, 0.2) is 5.78 Å². The highest BCUT2D eigenvalue weighted by molar-refractivity contribution is 7.12. The summed E-state index contributed by atoms with van der Waals surface area (Å²) in [6.45, 7) is 4.00. The minimum absolute atomic E-state index is 0.0591. The fourth-order valence-corrected chi connectivity index (χ4v) is 2.76. The molecule has 5 heteroatoms. The zero-order valence-corrected chi connectivity index (χ0v) is 12.7. The maximum atomic E-state index is 13.7. The number of nitrogens with zero attached hydrogens (tertiary/aromatic N) is 1. The second kappa shape index (κ2) is 6.63. The molecule has 0 aliphatic rings. The van der Waals surface area contributed by atoms with Gasteiger partial charge in [0.25, 0.3) is 5.91 Å². The number of carbonyl (C=O) groups is 2. The molecule has 0 aliphatic heterocycles. The van der Waals surface area contributed by atoms with E-state index in [1.165, 1.54) is 24.3 Å². The Bertz CT molecular complexity index is 666. The third-order valence-electron chi connectivity index (χ3n) is 3.18. The molecular formula is C16H16FNO2S. The van der Waals surface area contributed by atoms with Gasteiger partial charge in [-0.2, -0.15) is 0 Å². The Labute approximate surface area is 127 Å². The van der Waals surface area contributed by atoms with E-state index in [-0.39, 0.29) is 24.1 Å². The summed E-state index contributed by atoms with van der Waals surface area (Å²) in [7, 11) is 0. The summed E-state index contributed by atoms with van der Waals surface area (Å²) in [5, 5.41) is 1.67. The van der Waals surface area contributed by atoms with Crippen LogP contribution in [-0.2, 0) is 6.54 Å². The third kappa shape index (κ3) is 3.55. The number of benzene rings is 1. The van der Waals surface area contributed by atoms with E-state index in [2.05, 4.69) is 0 Å². The summed E-state index contributed by atoms with van der Waals surface area (Å²) in [6, 6.07) is 8.01. The van der Waals surface area contributed by atoms with Crippen molar-refractivity contribution in [2.45, 2.75) is 20.4 Å². The van der Waals surface area contributed by atoms with Gasteiger partial charge in [0.05, 0.1) is 10.4 Å². The summed E-state index contributed by atoms with van der Waals surface area (Å²) < 4.78 is 13.7. The van der Waals surface area contributed by atoms with Crippen LogP contribution in [0, 0.1) is 5.82 Å². The second-order valence-corrected chi connectivity index (χ2v) is 5.58. The summed E-state index contributed by atoms with van der Waals surface area (Å²) >= 11 is 1.25. The van der Waals surface area contributed by atoms with Gasteiger partial charge >= 0.3 is 0 Å². The minimum Gasteiger partial charge on any atom is -0.334 e. The van der Waals surface area contributed by atoms with Crippen molar-refractivity contribution in [2.75, 3.05) is 6.54 Å². The Morgan fingerprint density at radius 1 is 1.29 bits per heavy atom. The monoisotopic (exact) mass is 305 g/mol. The lowest BCUT2D eigenvalue weighted by Crippen LogP contribution is -2.30. The Morgan fingerprint density at radius 3 is 2.57 bits per heavy atom. The van der Waals surface area contributed by atoms with E-state index in [9.17, 15) is 14.0 Å². The molecule has 1 aromatic carbocycles. The lowest BCUT2D eigenvalue weighted by Gasteiger charge is -2.20. The summed E-state index contributed by atoms with van der Waals surface area (Å²) in [5.41, 5.74) is 0.957. The van der Waals surface area contributed by atoms with Crippen LogP contribution in [0.4, 0.5) is 4.39 Å². The summed E-state index contributed by atoms with van der Waals surface area (Å²) in [6.07, 6.45) is 0. The molecule has 3 nitrogen and oxygen atoms in total. The zero-order valence-electron chi connectivity index (χ0n) is 11.9. The molecule has 0 spiro atoms. The molecule has 1 heterocycles. The first kappa shape index (κ1) is 15.4. The van der Waals surface area contributed by atoms with Gasteiger partial charge in [-0.25, -0.2) is 4.39 Å². The molecule has 1 amide bonds. The number of hydrogen-bond donors (Lipinski definition) is 0. The predicted octanol–water partition coefficient (Wildman–Crippen LogP) is 3.75. The van der Waals surface area contributed by atoms with Crippen LogP contribution in [0.25, 0.3) is 0 Å². The number of Topliss-reactive ketones (excluding diaryl/α,β-unsaturated/α-hetero) is 1. The summed E-state index contributed by atoms with van der Waals surface area (Å²) in [4.78, 5) is 25.8. The first-order valence-electron chi connectivity index (χ1n) is 6.65. The molecule has 0 N–H and O–H groups in total. The molecule has 0 saturated heterocycles. The minimum atomic E-state index is -0.321. The quantitative estimate of drug-likeness (QED) is 0.789. The Kier molecular flexibility index (Phi) is 4.85. The standard InChI is InChI=1S/C16H16FNO2S/c1-3-18(9-12-6-4-5-7-14(12)17)16(20)13-8-15(11(2)19)21-10-13/h4-8,10H,3,9H2,1-2H3. The molecule has 0 saturated carbocycles. The largest absolute Gasteiger partial charge is 0.334 e. The van der Waals surface area contributed by atoms with E-state index < -0.39 is 0 Å². The number of amides is 1. The van der Waals surface area contributed by atoms with Crippen molar-refractivity contribution in [3.63, 3.8) is 0 Å². The average molecular weight is 305 g/mol. The van der Waals surface area contributed by atoms with Crippen molar-refractivity contribution >= 4 is 23.0 Å². The zero-order chi connectivity index (χ0) is 15.4. The Hall–Kier alpha value is -2.01. The van der Waals surface area contributed by atoms with E-state index in [0.29, 0.717) is 22.5 Å². The number of carbonyl (C=O) groups excluding carboxylic acids is 2. The van der Waals surface area contributed by atoms with Crippen molar-refractivity contribution in [1.29, 1.82) is 0 Å². The van der Waals surface area contributed by atoms with E-state index in [1.807, 2.05) is 6.92 Å². The Morgan fingerprint density at radius 2 is 2.00 bits per heavy atom. The van der Waals surface area contributed by atoms with Gasteiger partial charge in [0, 0.05) is 24.0 Å². The molecule has 0 aliphatic carbocycles. The van der Waals surface area contributed by atoms with Crippen LogP contribution in [0.15, 0.2) is 35.7 Å². The lowest BCUT2D eigenvalue weighted by molar-refractivity contribution is 0.0751. The highest BCUT2D eigenvalue weighted by atomic mass is 32.1. The van der Waals surface area contributed by atoms with Crippen LogP contribution in [-0.4, -0.2) is 23.1 Å². The second-order valence-electron chi connectivity index (χ2n) is 4.67. The molecule has 0 unspecified atom stereocenters. The first-order chi connectivity index (χ1) is 10.0. The fraction of sp³-hybridized carbons (Fsp3) is 0.250. The molecule has 0 bridgehead atoms. The van der Waals surface area contributed by atoms with Gasteiger partial charge in [-0.3, -0.25) is 9.59 Å². The third-order valence-corrected chi connectivity index (χ3v) is 4.21. The molecule has 2 aromatic rings. The number of thiophene rings is 1. The van der Waals surface area contributed by atoms with E-state index >= 15 is 0 Å². The molecule has 0 fully saturated rings. The molecular weight excluding hydrogens is 289 g/mol. The molecule has 21 heavy (non-hydrogen) atoms. The number of halogens is 1. The number of hydrogen-bond acceptors (Lipinski definition) is 3. The maximum absolute atomic E-state index is 13.7. The maximum Gasteiger partial charge on any atom is 0.255 e. The highest BCUT2D eigenvalue weighted by Gasteiger charge is 2.18. The van der Waals surface area contributed by atoms with Crippen molar-refractivity contribution in [2.24, 2.45) is 0 Å². The van der Waals surface area contributed by atoms with Gasteiger partial charge in [-0.1, -0.05) is 18.2 Å². The topological polar surface area (TPSA) is 37.4 Å². The first-order valence-corrected chi connectivity index (χ1v) is 7.53. The smallest absolute Gasteiger partial charge is 0.255 e. The van der Waals surface area contributed by atoms with Crippen LogP contribution in [0.3, 0.4) is 0 Å². The molecule has 0 radical (unpaired) electrons. The van der Waals surface area contributed by atoms with Crippen molar-refractivity contribution in [1.82, 2.24) is 4.90 Å². The van der Waals surface area contributed by atoms with Crippen molar-refractivity contribution in [3.8, 4) is 0 Å². The molecule has 110 valence electrons. The van der Waals surface area contributed by atoms with Crippen molar-refractivity contribution < 1.29 is 14.0 Å². The van der Waals surface area contributed by atoms with Crippen LogP contribution in [0.1, 0.15) is 39.4 Å². The van der Waals surface area contributed by atoms with Gasteiger partial charge < -0.3 is 4.90 Å².